The quantitative estimate of drug-likeness (QED) is 0.934. The zero-order valence-corrected chi connectivity index (χ0v) is 14.6. The summed E-state index contributed by atoms with van der Waals surface area (Å²) in [5.74, 6) is 0.814. The standard InChI is InChI=1S/C20H22N4O/c1-14-12-15(2)22-19(18(14)13-21)24-10-8-16(9-11-24)20(25)23-17-6-4-3-5-7-17/h3-7,12,16H,8-11H2,1-2H3,(H,23,25). The Hall–Kier alpha value is -2.87. The predicted molar refractivity (Wildman–Crippen MR) is 98.4 cm³/mol. The molecule has 2 heterocycles. The van der Waals surface area contributed by atoms with E-state index in [1.807, 2.05) is 50.2 Å². The Morgan fingerprint density at radius 2 is 1.92 bits per heavy atom. The van der Waals surface area contributed by atoms with Gasteiger partial charge in [0.2, 0.25) is 5.91 Å². The lowest BCUT2D eigenvalue weighted by atomic mass is 9.95. The maximum atomic E-state index is 12.4. The van der Waals surface area contributed by atoms with Crippen LogP contribution in [0.2, 0.25) is 0 Å². The van der Waals surface area contributed by atoms with Crippen LogP contribution in [0.25, 0.3) is 0 Å². The Morgan fingerprint density at radius 3 is 2.56 bits per heavy atom. The van der Waals surface area contributed by atoms with E-state index in [0.717, 1.165) is 48.7 Å². The number of aryl methyl sites for hydroxylation is 2. The van der Waals surface area contributed by atoms with Crippen LogP contribution in [-0.2, 0) is 4.79 Å². The van der Waals surface area contributed by atoms with Crippen LogP contribution in [0.5, 0.6) is 0 Å². The number of nitriles is 1. The lowest BCUT2D eigenvalue weighted by Crippen LogP contribution is -2.39. The van der Waals surface area contributed by atoms with Crippen LogP contribution in [0.4, 0.5) is 11.5 Å². The summed E-state index contributed by atoms with van der Waals surface area (Å²) < 4.78 is 0. The maximum Gasteiger partial charge on any atom is 0.227 e. The van der Waals surface area contributed by atoms with Gasteiger partial charge >= 0.3 is 0 Å². The summed E-state index contributed by atoms with van der Waals surface area (Å²) in [6, 6.07) is 13.7. The van der Waals surface area contributed by atoms with Gasteiger partial charge < -0.3 is 10.2 Å². The van der Waals surface area contributed by atoms with Crippen molar-refractivity contribution in [2.75, 3.05) is 23.3 Å². The molecule has 5 heteroatoms. The van der Waals surface area contributed by atoms with E-state index in [1.54, 1.807) is 0 Å². The Bertz CT molecular complexity index is 802. The van der Waals surface area contributed by atoms with Crippen molar-refractivity contribution in [1.82, 2.24) is 4.98 Å². The second-order valence-corrected chi connectivity index (χ2v) is 6.51. The van der Waals surface area contributed by atoms with Gasteiger partial charge in [-0.05, 0) is 50.5 Å². The van der Waals surface area contributed by atoms with Crippen LogP contribution >= 0.6 is 0 Å². The van der Waals surface area contributed by atoms with E-state index in [9.17, 15) is 10.1 Å². The van der Waals surface area contributed by atoms with Gasteiger partial charge in [-0.15, -0.1) is 0 Å². The SMILES string of the molecule is Cc1cc(C)c(C#N)c(N2CCC(C(=O)Nc3ccccc3)CC2)n1. The van der Waals surface area contributed by atoms with Gasteiger partial charge in [0.1, 0.15) is 11.9 Å². The molecule has 0 unspecified atom stereocenters. The number of para-hydroxylation sites is 1. The highest BCUT2D eigenvalue weighted by molar-refractivity contribution is 5.92. The Morgan fingerprint density at radius 1 is 1.24 bits per heavy atom. The lowest BCUT2D eigenvalue weighted by Gasteiger charge is -2.33. The van der Waals surface area contributed by atoms with Crippen molar-refractivity contribution in [3.05, 3.63) is 53.2 Å². The number of rotatable bonds is 3. The van der Waals surface area contributed by atoms with Crippen LogP contribution in [-0.4, -0.2) is 24.0 Å². The molecule has 0 radical (unpaired) electrons. The number of benzene rings is 1. The molecule has 1 aliphatic heterocycles. The third-order valence-corrected chi connectivity index (χ3v) is 4.64. The minimum Gasteiger partial charge on any atom is -0.355 e. The fourth-order valence-electron chi connectivity index (χ4n) is 3.30. The summed E-state index contributed by atoms with van der Waals surface area (Å²) in [4.78, 5) is 19.1. The fourth-order valence-corrected chi connectivity index (χ4v) is 3.30. The van der Waals surface area contributed by atoms with Crippen molar-refractivity contribution in [3.8, 4) is 6.07 Å². The molecule has 1 N–H and O–H groups in total. The summed E-state index contributed by atoms with van der Waals surface area (Å²) in [6.45, 7) is 5.35. The fraction of sp³-hybridized carbons (Fsp3) is 0.350. The van der Waals surface area contributed by atoms with Gasteiger partial charge in [0, 0.05) is 30.4 Å². The van der Waals surface area contributed by atoms with E-state index in [-0.39, 0.29) is 11.8 Å². The minimum absolute atomic E-state index is 0.00658. The third kappa shape index (κ3) is 3.80. The number of anilines is 2. The molecule has 0 aliphatic carbocycles. The van der Waals surface area contributed by atoms with Crippen LogP contribution in [0.3, 0.4) is 0 Å². The molecule has 5 nitrogen and oxygen atoms in total. The van der Waals surface area contributed by atoms with Gasteiger partial charge in [-0.2, -0.15) is 5.26 Å². The molecule has 1 amide bonds. The van der Waals surface area contributed by atoms with Gasteiger partial charge in [0.15, 0.2) is 0 Å². The van der Waals surface area contributed by atoms with Gasteiger partial charge in [-0.3, -0.25) is 4.79 Å². The minimum atomic E-state index is -0.00658. The largest absolute Gasteiger partial charge is 0.355 e. The van der Waals surface area contributed by atoms with Crippen LogP contribution in [0, 0.1) is 31.1 Å². The first-order valence-electron chi connectivity index (χ1n) is 8.57. The summed E-state index contributed by atoms with van der Waals surface area (Å²) in [5.41, 5.74) is 3.33. The number of pyridine rings is 1. The highest BCUT2D eigenvalue weighted by Crippen LogP contribution is 2.27. The lowest BCUT2D eigenvalue weighted by molar-refractivity contribution is -0.120. The number of nitrogens with zero attached hydrogens (tertiary/aromatic N) is 3. The zero-order chi connectivity index (χ0) is 17.8. The molecule has 0 spiro atoms. The van der Waals surface area contributed by atoms with E-state index in [4.69, 9.17) is 0 Å². The molecular formula is C20H22N4O. The number of hydrogen-bond donors (Lipinski definition) is 1. The summed E-state index contributed by atoms with van der Waals surface area (Å²) in [6.07, 6.45) is 1.52. The molecule has 1 saturated heterocycles. The first-order valence-corrected chi connectivity index (χ1v) is 8.57. The first kappa shape index (κ1) is 17.0. The van der Waals surface area contributed by atoms with E-state index >= 15 is 0 Å². The van der Waals surface area contributed by atoms with Crippen molar-refractivity contribution in [2.24, 2.45) is 5.92 Å². The number of piperidine rings is 1. The van der Waals surface area contributed by atoms with Gasteiger partial charge in [-0.25, -0.2) is 4.98 Å². The van der Waals surface area contributed by atoms with E-state index in [2.05, 4.69) is 21.3 Å². The third-order valence-electron chi connectivity index (χ3n) is 4.64. The van der Waals surface area contributed by atoms with E-state index in [1.165, 1.54) is 0 Å². The molecule has 1 fully saturated rings. The van der Waals surface area contributed by atoms with Crippen LogP contribution in [0.15, 0.2) is 36.4 Å². The average molecular weight is 334 g/mol. The Labute approximate surface area is 148 Å². The van der Waals surface area contributed by atoms with Gasteiger partial charge in [-0.1, -0.05) is 18.2 Å². The molecule has 0 saturated carbocycles. The number of hydrogen-bond acceptors (Lipinski definition) is 4. The summed E-state index contributed by atoms with van der Waals surface area (Å²) in [7, 11) is 0. The second kappa shape index (κ2) is 7.35. The van der Waals surface area contributed by atoms with E-state index < -0.39 is 0 Å². The normalized spacial score (nSPS) is 14.8. The van der Waals surface area contributed by atoms with Crippen molar-refractivity contribution in [1.29, 1.82) is 5.26 Å². The van der Waals surface area contributed by atoms with Crippen molar-refractivity contribution < 1.29 is 4.79 Å². The van der Waals surface area contributed by atoms with E-state index in [0.29, 0.717) is 5.56 Å². The zero-order valence-electron chi connectivity index (χ0n) is 14.6. The summed E-state index contributed by atoms with van der Waals surface area (Å²) in [5, 5.41) is 12.4. The highest BCUT2D eigenvalue weighted by atomic mass is 16.1. The predicted octanol–water partition coefficient (Wildman–Crippen LogP) is 3.43. The van der Waals surface area contributed by atoms with Crippen molar-refractivity contribution in [3.63, 3.8) is 0 Å². The van der Waals surface area contributed by atoms with Crippen molar-refractivity contribution in [2.45, 2.75) is 26.7 Å². The van der Waals surface area contributed by atoms with Crippen LogP contribution in [0.1, 0.15) is 29.7 Å². The number of carbonyl (C=O) groups excluding carboxylic acids is 1. The summed E-state index contributed by atoms with van der Waals surface area (Å²) >= 11 is 0. The molecule has 1 aromatic carbocycles. The molecule has 1 aromatic heterocycles. The smallest absolute Gasteiger partial charge is 0.227 e. The molecule has 1 aliphatic rings. The first-order chi connectivity index (χ1) is 12.1. The Balaban J connectivity index is 1.66. The molecule has 128 valence electrons. The van der Waals surface area contributed by atoms with Gasteiger partial charge in [0.25, 0.3) is 0 Å². The molecule has 2 aromatic rings. The number of nitrogens with one attached hydrogen (secondary N) is 1. The number of aromatic nitrogens is 1. The molecule has 0 bridgehead atoms. The molecular weight excluding hydrogens is 312 g/mol. The van der Waals surface area contributed by atoms with Crippen molar-refractivity contribution >= 4 is 17.4 Å². The van der Waals surface area contributed by atoms with Gasteiger partial charge in [0.05, 0.1) is 5.56 Å². The topological polar surface area (TPSA) is 69.0 Å². The highest BCUT2D eigenvalue weighted by Gasteiger charge is 2.27. The average Bonchev–Trinajstić information content (AvgIpc) is 2.62. The second-order valence-electron chi connectivity index (χ2n) is 6.51. The number of carbonyl (C=O) groups is 1. The number of amides is 1. The van der Waals surface area contributed by atoms with Crippen LogP contribution < -0.4 is 10.2 Å². The Kier molecular flexibility index (Phi) is 4.99. The molecule has 25 heavy (non-hydrogen) atoms. The monoisotopic (exact) mass is 334 g/mol. The maximum absolute atomic E-state index is 12.4. The molecule has 3 rings (SSSR count). The molecule has 0 atom stereocenters.